The second-order valence-corrected chi connectivity index (χ2v) is 2.99. The minimum absolute atomic E-state index is 0. The molecule has 0 amide bonds. The van der Waals surface area contributed by atoms with E-state index in [1.807, 2.05) is 0 Å². The Morgan fingerprint density at radius 2 is 1.00 bits per heavy atom. The molecule has 1 aromatic carbocycles. The Labute approximate surface area is 127 Å². The third-order valence-electron chi connectivity index (χ3n) is 1.14. The van der Waals surface area contributed by atoms with Crippen LogP contribution in [0.2, 0.25) is 0 Å². The van der Waals surface area contributed by atoms with Crippen LogP contribution in [-0.4, -0.2) is 42.3 Å². The quantitative estimate of drug-likeness (QED) is 0.505. The molecule has 0 saturated heterocycles. The van der Waals surface area contributed by atoms with Gasteiger partial charge in [0.15, 0.2) is 0 Å². The summed E-state index contributed by atoms with van der Waals surface area (Å²) in [6, 6.07) is 8.41. The van der Waals surface area contributed by atoms with Gasteiger partial charge in [-0.15, -0.1) is 0 Å². The van der Waals surface area contributed by atoms with E-state index >= 15 is 0 Å². The van der Waals surface area contributed by atoms with Crippen LogP contribution in [0, 0.1) is 0 Å². The summed E-state index contributed by atoms with van der Waals surface area (Å²) < 4.78 is 0. The van der Waals surface area contributed by atoms with E-state index < -0.39 is 0 Å². The molecule has 0 N–H and O–H groups in total. The van der Waals surface area contributed by atoms with Crippen LogP contribution in [0.25, 0.3) is 16.0 Å². The van der Waals surface area contributed by atoms with E-state index in [1.54, 1.807) is 42.3 Å². The Morgan fingerprint density at radius 3 is 1.12 bits per heavy atom. The van der Waals surface area contributed by atoms with Crippen molar-refractivity contribution >= 4 is 0 Å². The second-order valence-electron chi connectivity index (χ2n) is 2.99. The molecule has 17 heavy (non-hydrogen) atoms. The van der Waals surface area contributed by atoms with Crippen LogP contribution < -0.4 is 0 Å². The van der Waals surface area contributed by atoms with Gasteiger partial charge in [0.05, 0.1) is 0 Å². The maximum atomic E-state index is 3.50. The number of aryl methyl sites for hydroxylation is 1. The van der Waals surface area contributed by atoms with Crippen molar-refractivity contribution in [3.05, 3.63) is 45.8 Å². The predicted octanol–water partition coefficient (Wildman–Crippen LogP) is 3.82. The van der Waals surface area contributed by atoms with Crippen LogP contribution in [-0.2, 0) is 32.3 Å². The van der Waals surface area contributed by atoms with Gasteiger partial charge >= 0.3 is 25.8 Å². The first kappa shape index (κ1) is 25.8. The average Bonchev–Trinajstić information content (AvgIpc) is 2.73. The van der Waals surface area contributed by atoms with Crippen LogP contribution in [0.15, 0.2) is 24.3 Å². The van der Waals surface area contributed by atoms with Gasteiger partial charge in [-0.05, 0) is 0 Å². The van der Waals surface area contributed by atoms with Crippen molar-refractivity contribution in [2.24, 2.45) is 0 Å². The first-order valence-corrected chi connectivity index (χ1v) is 5.32. The van der Waals surface area contributed by atoms with Crippen molar-refractivity contribution in [1.82, 2.24) is 0 Å². The summed E-state index contributed by atoms with van der Waals surface area (Å²) in [5.74, 6) is 0. The molecule has 0 atom stereocenters. The number of rotatable bonds is 1. The molecule has 0 unspecified atom stereocenters. The molecule has 3 nitrogen and oxygen atoms in total. The molecule has 0 fully saturated rings. The standard InChI is InChI=1S/C7H9.3C2H6N.Hf/c1-2-7-5-3-4-6-7;3*1-3-2;/h3-6H,2H2,1H3;3*1-2H3;/q4*-1;+4. The monoisotopic (exact) mass is 405 g/mol. The van der Waals surface area contributed by atoms with E-state index in [4.69, 9.17) is 0 Å². The number of hydrogen-bond acceptors (Lipinski definition) is 0. The zero-order valence-electron chi connectivity index (χ0n) is 12.4. The summed E-state index contributed by atoms with van der Waals surface area (Å²) in [5.41, 5.74) is 1.43. The molecule has 4 heteroatoms. The Morgan fingerprint density at radius 1 is 0.765 bits per heavy atom. The maximum Gasteiger partial charge on any atom is 4.00 e. The molecular formula is C13H27HfN3. The van der Waals surface area contributed by atoms with Gasteiger partial charge in [-0.1, -0.05) is 13.3 Å². The van der Waals surface area contributed by atoms with Crippen LogP contribution in [0.4, 0.5) is 0 Å². The zero-order chi connectivity index (χ0) is 13.2. The minimum atomic E-state index is 0. The summed E-state index contributed by atoms with van der Waals surface area (Å²) in [5, 5.41) is 10.5. The fourth-order valence-electron chi connectivity index (χ4n) is 0.650. The number of hydrogen-bond donors (Lipinski definition) is 0. The zero-order valence-corrected chi connectivity index (χ0v) is 16.0. The molecule has 0 aliphatic rings. The summed E-state index contributed by atoms with van der Waals surface area (Å²) >= 11 is 0. The van der Waals surface area contributed by atoms with Gasteiger partial charge in [0, 0.05) is 0 Å². The molecule has 0 saturated carbocycles. The molecule has 0 aliphatic heterocycles. The molecule has 0 aromatic heterocycles. The smallest absolute Gasteiger partial charge is 0.668 e. The largest absolute Gasteiger partial charge is 4.00 e. The first-order chi connectivity index (χ1) is 7.67. The van der Waals surface area contributed by atoms with Gasteiger partial charge in [0.25, 0.3) is 0 Å². The Hall–Kier alpha value is 0.100. The van der Waals surface area contributed by atoms with Crippen LogP contribution >= 0.6 is 0 Å². The molecule has 1 aromatic rings. The van der Waals surface area contributed by atoms with Crippen molar-refractivity contribution in [1.29, 1.82) is 0 Å². The molecular weight excluding hydrogens is 377 g/mol. The molecule has 0 radical (unpaired) electrons. The van der Waals surface area contributed by atoms with Gasteiger partial charge in [-0.3, -0.25) is 0 Å². The summed E-state index contributed by atoms with van der Waals surface area (Å²) in [6.07, 6.45) is 1.16. The molecule has 0 aliphatic carbocycles. The summed E-state index contributed by atoms with van der Waals surface area (Å²) in [7, 11) is 10.5. The van der Waals surface area contributed by atoms with Gasteiger partial charge < -0.3 is 16.0 Å². The third kappa shape index (κ3) is 38.7. The first-order valence-electron chi connectivity index (χ1n) is 5.32. The van der Waals surface area contributed by atoms with Crippen LogP contribution in [0.1, 0.15) is 12.5 Å². The van der Waals surface area contributed by atoms with Gasteiger partial charge in [0.2, 0.25) is 0 Å². The Balaban J connectivity index is -0.0000000734. The summed E-state index contributed by atoms with van der Waals surface area (Å²) in [4.78, 5) is 0. The fourth-order valence-corrected chi connectivity index (χ4v) is 0.650. The Kier molecular flexibility index (Phi) is 45.3. The predicted molar refractivity (Wildman–Crippen MR) is 77.0 cm³/mol. The van der Waals surface area contributed by atoms with Crippen molar-refractivity contribution in [2.75, 3.05) is 42.3 Å². The fraction of sp³-hybridized carbons (Fsp3) is 0.615. The summed E-state index contributed by atoms with van der Waals surface area (Å²) in [6.45, 7) is 2.16. The normalized spacial score (nSPS) is 7.00. The van der Waals surface area contributed by atoms with E-state index in [9.17, 15) is 0 Å². The molecule has 0 spiro atoms. The van der Waals surface area contributed by atoms with E-state index in [0.29, 0.717) is 0 Å². The molecule has 0 bridgehead atoms. The van der Waals surface area contributed by atoms with Crippen molar-refractivity contribution in [3.63, 3.8) is 0 Å². The SMILES string of the molecule is CC[c-]1cccc1.C[N-]C.C[N-]C.C[N-]C.[Hf+4]. The average molecular weight is 404 g/mol. The van der Waals surface area contributed by atoms with Crippen molar-refractivity contribution < 1.29 is 25.8 Å². The Bertz CT molecular complexity index is 160. The van der Waals surface area contributed by atoms with Crippen molar-refractivity contribution in [2.45, 2.75) is 13.3 Å². The van der Waals surface area contributed by atoms with E-state index in [-0.39, 0.29) is 25.8 Å². The van der Waals surface area contributed by atoms with Crippen LogP contribution in [0.3, 0.4) is 0 Å². The van der Waals surface area contributed by atoms with Crippen molar-refractivity contribution in [3.8, 4) is 0 Å². The van der Waals surface area contributed by atoms with E-state index in [1.165, 1.54) is 5.56 Å². The van der Waals surface area contributed by atoms with Gasteiger partial charge in [-0.25, -0.2) is 12.1 Å². The maximum absolute atomic E-state index is 3.50. The molecule has 1 rings (SSSR count). The molecule has 98 valence electrons. The van der Waals surface area contributed by atoms with E-state index in [2.05, 4.69) is 47.1 Å². The molecule has 0 heterocycles. The number of nitrogens with zero attached hydrogens (tertiary/aromatic N) is 3. The van der Waals surface area contributed by atoms with E-state index in [0.717, 1.165) is 6.42 Å². The van der Waals surface area contributed by atoms with Crippen LogP contribution in [0.5, 0.6) is 0 Å². The third-order valence-corrected chi connectivity index (χ3v) is 1.14. The van der Waals surface area contributed by atoms with Gasteiger partial charge in [0.1, 0.15) is 0 Å². The topological polar surface area (TPSA) is 42.3 Å². The second kappa shape index (κ2) is 29.8. The van der Waals surface area contributed by atoms with Gasteiger partial charge in [-0.2, -0.15) is 60.0 Å². The minimum Gasteiger partial charge on any atom is -0.668 e.